The number of hydrogen-bond donors (Lipinski definition) is 1. The first-order valence-electron chi connectivity index (χ1n) is 7.31. The summed E-state index contributed by atoms with van der Waals surface area (Å²) in [6.07, 6.45) is 0. The van der Waals surface area contributed by atoms with Crippen molar-refractivity contribution in [3.8, 4) is 0 Å². The van der Waals surface area contributed by atoms with Crippen LogP contribution >= 0.6 is 11.6 Å². The van der Waals surface area contributed by atoms with Gasteiger partial charge in [0, 0.05) is 31.7 Å². The second-order valence-electron chi connectivity index (χ2n) is 5.56. The summed E-state index contributed by atoms with van der Waals surface area (Å²) in [5, 5.41) is 4.09. The third-order valence-corrected chi connectivity index (χ3v) is 5.82. The molecule has 0 fully saturated rings. The Kier molecular flexibility index (Phi) is 5.81. The molecule has 0 aromatic heterocycles. The third-order valence-electron chi connectivity index (χ3n) is 3.66. The Balaban J connectivity index is 2.12. The number of hydrogen-bond acceptors (Lipinski definition) is 3. The molecule has 0 saturated carbocycles. The summed E-state index contributed by atoms with van der Waals surface area (Å²) in [5.41, 5.74) is 1.93. The molecule has 0 amide bonds. The van der Waals surface area contributed by atoms with E-state index in [0.29, 0.717) is 11.4 Å². The van der Waals surface area contributed by atoms with Crippen molar-refractivity contribution in [3.05, 3.63) is 64.7 Å². The van der Waals surface area contributed by atoms with Crippen molar-refractivity contribution in [1.29, 1.82) is 0 Å². The van der Waals surface area contributed by atoms with E-state index in [2.05, 4.69) is 5.32 Å². The molecule has 0 aliphatic heterocycles. The average Bonchev–Trinajstić information content (AvgIpc) is 2.53. The van der Waals surface area contributed by atoms with E-state index in [9.17, 15) is 8.42 Å². The Hall–Kier alpha value is -1.40. The molecule has 0 heterocycles. The van der Waals surface area contributed by atoms with Crippen molar-refractivity contribution < 1.29 is 8.42 Å². The zero-order chi connectivity index (χ0) is 17.0. The molecular weight excluding hydrogens is 332 g/mol. The largest absolute Gasteiger partial charge is 0.306 e. The van der Waals surface area contributed by atoms with Crippen molar-refractivity contribution in [2.45, 2.75) is 24.4 Å². The van der Waals surface area contributed by atoms with Crippen LogP contribution in [0.2, 0.25) is 5.02 Å². The van der Waals surface area contributed by atoms with E-state index in [1.54, 1.807) is 18.2 Å². The summed E-state index contributed by atoms with van der Waals surface area (Å²) < 4.78 is 25.6. The highest BCUT2D eigenvalue weighted by atomic mass is 35.5. The molecule has 0 bridgehead atoms. The number of sulfonamides is 1. The molecule has 0 aliphatic carbocycles. The summed E-state index contributed by atoms with van der Waals surface area (Å²) in [4.78, 5) is 0.298. The molecule has 4 nitrogen and oxygen atoms in total. The highest BCUT2D eigenvalue weighted by Gasteiger charge is 2.17. The fourth-order valence-corrected chi connectivity index (χ4v) is 3.51. The number of nitrogens with zero attached hydrogens (tertiary/aromatic N) is 1. The van der Waals surface area contributed by atoms with Crippen LogP contribution in [0.5, 0.6) is 0 Å². The molecule has 2 aromatic carbocycles. The number of nitrogens with one attached hydrogen (secondary N) is 1. The minimum absolute atomic E-state index is 0.0674. The molecule has 1 unspecified atom stereocenters. The van der Waals surface area contributed by atoms with Crippen LogP contribution in [0.15, 0.2) is 53.4 Å². The normalized spacial score (nSPS) is 13.3. The Morgan fingerprint density at radius 1 is 1.13 bits per heavy atom. The summed E-state index contributed by atoms with van der Waals surface area (Å²) in [7, 11) is -0.357. The van der Waals surface area contributed by atoms with Gasteiger partial charge in [-0.3, -0.25) is 0 Å². The maximum Gasteiger partial charge on any atom is 0.242 e. The van der Waals surface area contributed by atoms with Gasteiger partial charge in [-0.15, -0.1) is 0 Å². The Morgan fingerprint density at radius 3 is 2.48 bits per heavy atom. The molecule has 2 aromatic rings. The highest BCUT2D eigenvalue weighted by Crippen LogP contribution is 2.22. The smallest absolute Gasteiger partial charge is 0.242 e. The molecule has 0 saturated heterocycles. The SMILES string of the molecule is CC(NCc1cccc(S(=O)(=O)N(C)C)c1)c1ccccc1Cl. The minimum atomic E-state index is -3.41. The van der Waals surface area contributed by atoms with E-state index in [-0.39, 0.29) is 6.04 Å². The molecule has 1 N–H and O–H groups in total. The maximum atomic E-state index is 12.2. The van der Waals surface area contributed by atoms with E-state index >= 15 is 0 Å². The molecule has 2 rings (SSSR count). The molecule has 124 valence electrons. The fraction of sp³-hybridized carbons (Fsp3) is 0.294. The Bertz CT molecular complexity index is 776. The van der Waals surface area contributed by atoms with E-state index in [0.717, 1.165) is 16.1 Å². The van der Waals surface area contributed by atoms with Crippen LogP contribution in [-0.2, 0) is 16.6 Å². The number of benzene rings is 2. The lowest BCUT2D eigenvalue weighted by molar-refractivity contribution is 0.520. The summed E-state index contributed by atoms with van der Waals surface area (Å²) in [5.74, 6) is 0. The zero-order valence-electron chi connectivity index (χ0n) is 13.5. The van der Waals surface area contributed by atoms with Gasteiger partial charge in [0.1, 0.15) is 0 Å². The first kappa shape index (κ1) is 17.9. The zero-order valence-corrected chi connectivity index (χ0v) is 15.0. The topological polar surface area (TPSA) is 49.4 Å². The van der Waals surface area contributed by atoms with Crippen LogP contribution in [0.25, 0.3) is 0 Å². The van der Waals surface area contributed by atoms with Crippen LogP contribution in [-0.4, -0.2) is 26.8 Å². The lowest BCUT2D eigenvalue weighted by Gasteiger charge is -2.16. The van der Waals surface area contributed by atoms with Gasteiger partial charge < -0.3 is 5.32 Å². The lowest BCUT2D eigenvalue weighted by Crippen LogP contribution is -2.23. The summed E-state index contributed by atoms with van der Waals surface area (Å²) in [6, 6.07) is 14.7. The molecule has 0 radical (unpaired) electrons. The number of rotatable bonds is 6. The molecule has 23 heavy (non-hydrogen) atoms. The van der Waals surface area contributed by atoms with Crippen molar-refractivity contribution >= 4 is 21.6 Å². The third kappa shape index (κ3) is 4.32. The van der Waals surface area contributed by atoms with Gasteiger partial charge in [0.2, 0.25) is 10.0 Å². The van der Waals surface area contributed by atoms with E-state index in [1.807, 2.05) is 37.3 Å². The van der Waals surface area contributed by atoms with Gasteiger partial charge in [0.15, 0.2) is 0 Å². The number of halogens is 1. The second-order valence-corrected chi connectivity index (χ2v) is 8.12. The van der Waals surface area contributed by atoms with Gasteiger partial charge >= 0.3 is 0 Å². The predicted molar refractivity (Wildman–Crippen MR) is 94.0 cm³/mol. The van der Waals surface area contributed by atoms with Gasteiger partial charge in [-0.05, 0) is 36.2 Å². The summed E-state index contributed by atoms with van der Waals surface area (Å²) >= 11 is 6.20. The van der Waals surface area contributed by atoms with Crippen LogP contribution in [0.4, 0.5) is 0 Å². The molecule has 0 aliphatic rings. The monoisotopic (exact) mass is 352 g/mol. The van der Waals surface area contributed by atoms with Gasteiger partial charge in [-0.1, -0.05) is 41.9 Å². The minimum Gasteiger partial charge on any atom is -0.306 e. The van der Waals surface area contributed by atoms with Crippen molar-refractivity contribution in [2.24, 2.45) is 0 Å². The average molecular weight is 353 g/mol. The van der Waals surface area contributed by atoms with Crippen LogP contribution < -0.4 is 5.32 Å². The van der Waals surface area contributed by atoms with Gasteiger partial charge in [0.25, 0.3) is 0 Å². The van der Waals surface area contributed by atoms with Crippen LogP contribution in [0.3, 0.4) is 0 Å². The standard InChI is InChI=1S/C17H21ClN2O2S/c1-13(16-9-4-5-10-17(16)18)19-12-14-7-6-8-15(11-14)23(21,22)20(2)3/h4-11,13,19H,12H2,1-3H3. The van der Waals surface area contributed by atoms with E-state index in [4.69, 9.17) is 11.6 Å². The summed E-state index contributed by atoms with van der Waals surface area (Å²) in [6.45, 7) is 2.59. The van der Waals surface area contributed by atoms with Gasteiger partial charge in [-0.25, -0.2) is 12.7 Å². The Labute approximate surface area is 143 Å². The van der Waals surface area contributed by atoms with Crippen molar-refractivity contribution in [3.63, 3.8) is 0 Å². The molecule has 1 atom stereocenters. The van der Waals surface area contributed by atoms with Crippen molar-refractivity contribution in [1.82, 2.24) is 9.62 Å². The molecule has 0 spiro atoms. The first-order chi connectivity index (χ1) is 10.8. The van der Waals surface area contributed by atoms with Crippen molar-refractivity contribution in [2.75, 3.05) is 14.1 Å². The van der Waals surface area contributed by atoms with E-state index < -0.39 is 10.0 Å². The van der Waals surface area contributed by atoms with Gasteiger partial charge in [-0.2, -0.15) is 0 Å². The first-order valence-corrected chi connectivity index (χ1v) is 9.13. The van der Waals surface area contributed by atoms with Crippen LogP contribution in [0, 0.1) is 0 Å². The molecule has 6 heteroatoms. The quantitative estimate of drug-likeness (QED) is 0.866. The predicted octanol–water partition coefficient (Wildman–Crippen LogP) is 3.44. The highest BCUT2D eigenvalue weighted by molar-refractivity contribution is 7.89. The maximum absolute atomic E-state index is 12.2. The lowest BCUT2D eigenvalue weighted by atomic mass is 10.1. The van der Waals surface area contributed by atoms with E-state index in [1.165, 1.54) is 18.4 Å². The van der Waals surface area contributed by atoms with Gasteiger partial charge in [0.05, 0.1) is 4.90 Å². The van der Waals surface area contributed by atoms with Crippen LogP contribution in [0.1, 0.15) is 24.1 Å². The second kappa shape index (κ2) is 7.45. The fourth-order valence-electron chi connectivity index (χ4n) is 2.23. The molecular formula is C17H21ClN2O2S. The Morgan fingerprint density at radius 2 is 1.83 bits per heavy atom.